The van der Waals surface area contributed by atoms with Crippen LogP contribution in [0.1, 0.15) is 59.2 Å². The third-order valence-corrected chi connectivity index (χ3v) is 4.72. The molecule has 27 heavy (non-hydrogen) atoms. The van der Waals surface area contributed by atoms with Crippen LogP contribution in [0.5, 0.6) is 0 Å². The van der Waals surface area contributed by atoms with Crippen LogP contribution in [0, 0.1) is 23.2 Å². The second-order valence-corrected chi connectivity index (χ2v) is 6.54. The van der Waals surface area contributed by atoms with Crippen molar-refractivity contribution >= 4 is 17.7 Å². The summed E-state index contributed by atoms with van der Waals surface area (Å²) in [5.41, 5.74) is 2.04. The number of rotatable bonds is 4. The minimum absolute atomic E-state index is 0.121. The van der Waals surface area contributed by atoms with Gasteiger partial charge in [0.25, 0.3) is 5.91 Å². The van der Waals surface area contributed by atoms with Gasteiger partial charge >= 0.3 is 0 Å². The number of nitrogens with one attached hydrogen (secondary N) is 1. The first-order chi connectivity index (χ1) is 13.0. The lowest BCUT2D eigenvalue weighted by atomic mass is 10.00. The fraction of sp³-hybridized carbons (Fsp3) is 0.400. The summed E-state index contributed by atoms with van der Waals surface area (Å²) in [5, 5.41) is 20.3. The van der Waals surface area contributed by atoms with Gasteiger partial charge < -0.3 is 10.0 Å². The maximum atomic E-state index is 12.8. The van der Waals surface area contributed by atoms with Crippen molar-refractivity contribution in [2.75, 3.05) is 6.61 Å². The molecule has 1 saturated heterocycles. The van der Waals surface area contributed by atoms with Crippen LogP contribution in [0.4, 0.5) is 0 Å². The zero-order chi connectivity index (χ0) is 19.4. The predicted octanol–water partition coefficient (Wildman–Crippen LogP) is 0.833. The van der Waals surface area contributed by atoms with E-state index in [-0.39, 0.29) is 37.8 Å². The monoisotopic (exact) mass is 365 g/mol. The fourth-order valence-corrected chi connectivity index (χ4v) is 3.32. The highest BCUT2D eigenvalue weighted by molar-refractivity contribution is 6.05. The molecule has 1 aromatic rings. The molecule has 0 radical (unpaired) electrons. The number of fused-ring (bicyclic) bond motifs is 1. The zero-order valence-corrected chi connectivity index (χ0v) is 14.7. The van der Waals surface area contributed by atoms with Gasteiger partial charge in [0.15, 0.2) is 0 Å². The number of hydrogen-bond acceptors (Lipinski definition) is 5. The van der Waals surface area contributed by atoms with Crippen LogP contribution in [0.15, 0.2) is 12.1 Å². The van der Waals surface area contributed by atoms with Crippen LogP contribution in [-0.4, -0.2) is 40.4 Å². The highest BCUT2D eigenvalue weighted by atomic mass is 16.3. The third-order valence-electron chi connectivity index (χ3n) is 4.72. The summed E-state index contributed by atoms with van der Waals surface area (Å²) in [6.07, 6.45) is 2.53. The van der Waals surface area contributed by atoms with Gasteiger partial charge in [-0.3, -0.25) is 19.7 Å². The molecule has 7 heteroatoms. The van der Waals surface area contributed by atoms with Gasteiger partial charge in [-0.25, -0.2) is 0 Å². The van der Waals surface area contributed by atoms with Crippen molar-refractivity contribution in [2.45, 2.75) is 44.7 Å². The minimum Gasteiger partial charge on any atom is -0.396 e. The number of nitriles is 1. The van der Waals surface area contributed by atoms with E-state index in [1.165, 1.54) is 11.0 Å². The molecular formula is C20H19N3O4. The van der Waals surface area contributed by atoms with Crippen LogP contribution in [-0.2, 0) is 16.1 Å². The molecule has 1 aromatic carbocycles. The summed E-state index contributed by atoms with van der Waals surface area (Å²) in [6.45, 7) is 0.350. The van der Waals surface area contributed by atoms with Crippen LogP contribution in [0.2, 0.25) is 0 Å². The molecule has 138 valence electrons. The Morgan fingerprint density at radius 3 is 2.78 bits per heavy atom. The van der Waals surface area contributed by atoms with E-state index in [0.717, 1.165) is 6.42 Å². The first-order valence-corrected chi connectivity index (χ1v) is 8.86. The Hall–Kier alpha value is -3.16. The van der Waals surface area contributed by atoms with Gasteiger partial charge in [-0.1, -0.05) is 11.8 Å². The van der Waals surface area contributed by atoms with E-state index in [9.17, 15) is 19.6 Å². The molecule has 0 aliphatic carbocycles. The number of carbonyl (C=O) groups is 3. The molecule has 1 atom stereocenters. The van der Waals surface area contributed by atoms with Gasteiger partial charge in [-0.05, 0) is 37.0 Å². The predicted molar refractivity (Wildman–Crippen MR) is 95.0 cm³/mol. The number of carbonyl (C=O) groups excluding carboxylic acids is 3. The molecular weight excluding hydrogens is 346 g/mol. The number of nitrogens with zero attached hydrogens (tertiary/aromatic N) is 2. The first kappa shape index (κ1) is 18.6. The number of aliphatic hydroxyl groups is 1. The molecule has 1 unspecified atom stereocenters. The molecule has 2 N–H and O–H groups in total. The Morgan fingerprint density at radius 1 is 1.26 bits per heavy atom. The van der Waals surface area contributed by atoms with Crippen LogP contribution < -0.4 is 5.32 Å². The van der Waals surface area contributed by atoms with Crippen molar-refractivity contribution < 1.29 is 19.5 Å². The summed E-state index contributed by atoms with van der Waals surface area (Å²) in [4.78, 5) is 37.8. The number of benzene rings is 1. The molecule has 0 bridgehead atoms. The third kappa shape index (κ3) is 3.84. The molecule has 3 amide bonds. The van der Waals surface area contributed by atoms with Crippen molar-refractivity contribution in [1.82, 2.24) is 10.2 Å². The topological polar surface area (TPSA) is 110 Å². The molecule has 7 nitrogen and oxygen atoms in total. The van der Waals surface area contributed by atoms with E-state index in [1.54, 1.807) is 6.07 Å². The van der Waals surface area contributed by atoms with E-state index in [0.29, 0.717) is 35.1 Å². The normalized spacial score (nSPS) is 18.4. The molecule has 0 spiro atoms. The minimum atomic E-state index is -0.696. The molecule has 2 aliphatic rings. The Morgan fingerprint density at radius 2 is 2.07 bits per heavy atom. The highest BCUT2D eigenvalue weighted by Gasteiger charge is 2.40. The second kappa shape index (κ2) is 8.03. The van der Waals surface area contributed by atoms with Crippen molar-refractivity contribution in [3.63, 3.8) is 0 Å². The van der Waals surface area contributed by atoms with Crippen LogP contribution >= 0.6 is 0 Å². The van der Waals surface area contributed by atoms with Gasteiger partial charge in [0.1, 0.15) is 6.04 Å². The van der Waals surface area contributed by atoms with Crippen LogP contribution in [0.3, 0.4) is 0 Å². The molecule has 2 aliphatic heterocycles. The summed E-state index contributed by atoms with van der Waals surface area (Å²) in [5.74, 6) is 4.92. The van der Waals surface area contributed by atoms with Gasteiger partial charge in [-0.2, -0.15) is 5.26 Å². The quantitative estimate of drug-likeness (QED) is 0.467. The maximum Gasteiger partial charge on any atom is 0.255 e. The van der Waals surface area contributed by atoms with E-state index >= 15 is 0 Å². The SMILES string of the molecule is N#Cc1cc(C#CCCCCO)c2c(c1)C(=O)N(C1CCC(=O)NC1=O)C2. The van der Waals surface area contributed by atoms with E-state index in [1.807, 2.05) is 6.07 Å². The average molecular weight is 365 g/mol. The number of piperidine rings is 1. The number of unbranched alkanes of at least 4 members (excludes halogenated alkanes) is 2. The van der Waals surface area contributed by atoms with Gasteiger partial charge in [0.05, 0.1) is 11.6 Å². The lowest BCUT2D eigenvalue weighted by Crippen LogP contribution is -2.52. The van der Waals surface area contributed by atoms with Gasteiger partial charge in [-0.15, -0.1) is 0 Å². The first-order valence-electron chi connectivity index (χ1n) is 8.86. The summed E-state index contributed by atoms with van der Waals surface area (Å²) in [7, 11) is 0. The maximum absolute atomic E-state index is 12.8. The Labute approximate surface area is 157 Å². The van der Waals surface area contributed by atoms with Crippen molar-refractivity contribution in [3.05, 3.63) is 34.4 Å². The highest BCUT2D eigenvalue weighted by Crippen LogP contribution is 2.30. The standard InChI is InChI=1S/C20H19N3O4/c21-11-13-9-14(5-3-1-2-4-8-24)16-12-23(20(27)15(16)10-13)17-6-7-18(25)22-19(17)26/h9-10,17,24H,1-2,4,6-8,12H2,(H,22,25,26). The van der Waals surface area contributed by atoms with Crippen molar-refractivity contribution in [3.8, 4) is 17.9 Å². The lowest BCUT2D eigenvalue weighted by Gasteiger charge is -2.29. The Balaban J connectivity index is 1.88. The second-order valence-electron chi connectivity index (χ2n) is 6.54. The summed E-state index contributed by atoms with van der Waals surface area (Å²) >= 11 is 0. The largest absolute Gasteiger partial charge is 0.396 e. The van der Waals surface area contributed by atoms with E-state index < -0.39 is 11.9 Å². The molecule has 0 aromatic heterocycles. The van der Waals surface area contributed by atoms with Gasteiger partial charge in [0, 0.05) is 37.1 Å². The smallest absolute Gasteiger partial charge is 0.255 e. The molecule has 3 rings (SSSR count). The lowest BCUT2D eigenvalue weighted by molar-refractivity contribution is -0.136. The fourth-order valence-electron chi connectivity index (χ4n) is 3.32. The Kier molecular flexibility index (Phi) is 5.54. The van der Waals surface area contributed by atoms with Crippen molar-refractivity contribution in [1.29, 1.82) is 5.26 Å². The molecule has 2 heterocycles. The number of amides is 3. The number of imide groups is 1. The molecule has 0 saturated carbocycles. The van der Waals surface area contributed by atoms with Crippen LogP contribution in [0.25, 0.3) is 0 Å². The van der Waals surface area contributed by atoms with E-state index in [4.69, 9.17) is 5.11 Å². The number of hydrogen-bond donors (Lipinski definition) is 2. The zero-order valence-electron chi connectivity index (χ0n) is 14.7. The molecule has 1 fully saturated rings. The van der Waals surface area contributed by atoms with Gasteiger partial charge in [0.2, 0.25) is 11.8 Å². The van der Waals surface area contributed by atoms with Crippen molar-refractivity contribution in [2.24, 2.45) is 0 Å². The van der Waals surface area contributed by atoms with E-state index in [2.05, 4.69) is 17.2 Å². The Bertz CT molecular complexity index is 904. The average Bonchev–Trinajstić information content (AvgIpc) is 2.98. The summed E-state index contributed by atoms with van der Waals surface area (Å²) in [6, 6.07) is 4.53. The number of aliphatic hydroxyl groups excluding tert-OH is 1. The summed E-state index contributed by atoms with van der Waals surface area (Å²) < 4.78 is 0.